The van der Waals surface area contributed by atoms with E-state index in [1.165, 1.54) is 5.57 Å². The second-order valence-corrected chi connectivity index (χ2v) is 2.65. The Morgan fingerprint density at radius 3 is 2.67 bits per heavy atom. The van der Waals surface area contributed by atoms with Crippen LogP contribution in [0.5, 0.6) is 0 Å². The maximum absolute atomic E-state index is 3.95. The van der Waals surface area contributed by atoms with E-state index in [2.05, 4.69) is 30.8 Å². The molecule has 1 rings (SSSR count). The normalized spacial score (nSPS) is 11.3. The van der Waals surface area contributed by atoms with Gasteiger partial charge in [0.15, 0.2) is 0 Å². The lowest BCUT2D eigenvalue weighted by Gasteiger charge is -2.03. The maximum Gasteiger partial charge on any atom is 0.0697 e. The third-order valence-electron chi connectivity index (χ3n) is 1.93. The van der Waals surface area contributed by atoms with Gasteiger partial charge in [-0.05, 0) is 32.2 Å². The number of para-hydroxylation sites is 1. The van der Waals surface area contributed by atoms with Crippen LogP contribution in [-0.4, -0.2) is 6.72 Å². The summed E-state index contributed by atoms with van der Waals surface area (Å²) < 4.78 is 0. The molecule has 0 aromatic heterocycles. The van der Waals surface area contributed by atoms with Gasteiger partial charge in [0.05, 0.1) is 5.69 Å². The molecule has 12 heavy (non-hydrogen) atoms. The second kappa shape index (κ2) is 3.86. The van der Waals surface area contributed by atoms with Gasteiger partial charge in [0.2, 0.25) is 0 Å². The molecule has 0 heterocycles. The third kappa shape index (κ3) is 1.62. The fourth-order valence-electron chi connectivity index (χ4n) is 1.10. The summed E-state index contributed by atoms with van der Waals surface area (Å²) in [6.07, 6.45) is 2.07. The Morgan fingerprint density at radius 2 is 2.08 bits per heavy atom. The van der Waals surface area contributed by atoms with Crippen LogP contribution in [0.3, 0.4) is 0 Å². The fraction of sp³-hybridized carbons (Fsp3) is 0.182. The third-order valence-corrected chi connectivity index (χ3v) is 1.93. The standard InChI is InChI=1S/C11H13N/c1-4-9(2)10-7-5-6-8-11(10)12-3/h4-8H,3H2,1-2H3/b9-4-. The van der Waals surface area contributed by atoms with Gasteiger partial charge in [-0.25, -0.2) is 0 Å². The highest BCUT2D eigenvalue weighted by atomic mass is 14.7. The van der Waals surface area contributed by atoms with Gasteiger partial charge in [0.25, 0.3) is 0 Å². The number of benzene rings is 1. The van der Waals surface area contributed by atoms with Crippen molar-refractivity contribution in [2.75, 3.05) is 0 Å². The van der Waals surface area contributed by atoms with E-state index in [4.69, 9.17) is 0 Å². The molecule has 0 aliphatic rings. The molecular formula is C11H13N. The molecule has 0 spiro atoms. The topological polar surface area (TPSA) is 12.4 Å². The molecule has 1 aromatic carbocycles. The molecule has 0 fully saturated rings. The first-order valence-electron chi connectivity index (χ1n) is 3.98. The molecule has 0 N–H and O–H groups in total. The zero-order chi connectivity index (χ0) is 8.97. The molecule has 1 aromatic rings. The first kappa shape index (κ1) is 8.72. The van der Waals surface area contributed by atoms with Crippen LogP contribution < -0.4 is 0 Å². The van der Waals surface area contributed by atoms with E-state index in [1.54, 1.807) is 0 Å². The minimum atomic E-state index is 0.952. The van der Waals surface area contributed by atoms with Crippen LogP contribution in [0.25, 0.3) is 5.57 Å². The zero-order valence-electron chi connectivity index (χ0n) is 7.54. The Balaban J connectivity index is 3.22. The van der Waals surface area contributed by atoms with E-state index in [9.17, 15) is 0 Å². The first-order chi connectivity index (χ1) is 5.79. The van der Waals surface area contributed by atoms with Crippen molar-refractivity contribution in [3.63, 3.8) is 0 Å². The van der Waals surface area contributed by atoms with E-state index < -0.39 is 0 Å². The summed E-state index contributed by atoms with van der Waals surface area (Å²) in [6.45, 7) is 7.63. The number of hydrogen-bond donors (Lipinski definition) is 0. The molecule has 1 heteroatoms. The Morgan fingerprint density at radius 1 is 1.42 bits per heavy atom. The van der Waals surface area contributed by atoms with Crippen molar-refractivity contribution in [1.29, 1.82) is 0 Å². The molecule has 0 radical (unpaired) electrons. The van der Waals surface area contributed by atoms with E-state index in [0.29, 0.717) is 0 Å². The van der Waals surface area contributed by atoms with E-state index >= 15 is 0 Å². The SMILES string of the molecule is C=Nc1ccccc1/C(C)=C\C. The van der Waals surface area contributed by atoms with Gasteiger partial charge < -0.3 is 0 Å². The smallest absolute Gasteiger partial charge is 0.0697 e. The summed E-state index contributed by atoms with van der Waals surface area (Å²) >= 11 is 0. The Labute approximate surface area is 73.5 Å². The van der Waals surface area contributed by atoms with Gasteiger partial charge in [-0.15, -0.1) is 0 Å². The summed E-state index contributed by atoms with van der Waals surface area (Å²) in [5, 5.41) is 0. The Bertz CT molecular complexity index is 311. The predicted molar refractivity (Wildman–Crippen MR) is 55.0 cm³/mol. The van der Waals surface area contributed by atoms with Crippen molar-refractivity contribution in [3.8, 4) is 0 Å². The monoisotopic (exact) mass is 159 g/mol. The average Bonchev–Trinajstić information content (AvgIpc) is 2.16. The fourth-order valence-corrected chi connectivity index (χ4v) is 1.10. The summed E-state index contributed by atoms with van der Waals surface area (Å²) in [5.41, 5.74) is 3.35. The number of nitrogens with zero attached hydrogens (tertiary/aromatic N) is 1. The second-order valence-electron chi connectivity index (χ2n) is 2.65. The summed E-state index contributed by atoms with van der Waals surface area (Å²) in [5.74, 6) is 0. The van der Waals surface area contributed by atoms with Crippen molar-refractivity contribution in [2.45, 2.75) is 13.8 Å². The molecule has 0 aliphatic heterocycles. The molecule has 0 saturated heterocycles. The summed E-state index contributed by atoms with van der Waals surface area (Å²) in [4.78, 5) is 3.95. The van der Waals surface area contributed by atoms with Crippen LogP contribution in [-0.2, 0) is 0 Å². The lowest BCUT2D eigenvalue weighted by Crippen LogP contribution is -1.78. The van der Waals surface area contributed by atoms with Crippen LogP contribution in [0.1, 0.15) is 19.4 Å². The van der Waals surface area contributed by atoms with E-state index in [-0.39, 0.29) is 0 Å². The van der Waals surface area contributed by atoms with Gasteiger partial charge >= 0.3 is 0 Å². The molecule has 0 atom stereocenters. The van der Waals surface area contributed by atoms with Crippen LogP contribution in [0.2, 0.25) is 0 Å². The number of rotatable bonds is 2. The van der Waals surface area contributed by atoms with Crippen molar-refractivity contribution in [2.24, 2.45) is 4.99 Å². The average molecular weight is 159 g/mol. The van der Waals surface area contributed by atoms with Gasteiger partial charge in [0, 0.05) is 5.56 Å². The zero-order valence-corrected chi connectivity index (χ0v) is 7.54. The van der Waals surface area contributed by atoms with Gasteiger partial charge in [-0.2, -0.15) is 0 Å². The summed E-state index contributed by atoms with van der Waals surface area (Å²) in [6, 6.07) is 8.00. The number of aliphatic imine (C=N–C) groups is 1. The highest BCUT2D eigenvalue weighted by Gasteiger charge is 1.98. The largest absolute Gasteiger partial charge is 0.264 e. The Kier molecular flexibility index (Phi) is 2.81. The Hall–Kier alpha value is -1.37. The van der Waals surface area contributed by atoms with Gasteiger partial charge in [-0.1, -0.05) is 24.3 Å². The van der Waals surface area contributed by atoms with E-state index in [1.807, 2.05) is 25.1 Å². The first-order valence-corrected chi connectivity index (χ1v) is 3.98. The number of hydrogen-bond acceptors (Lipinski definition) is 1. The lowest BCUT2D eigenvalue weighted by molar-refractivity contribution is 1.47. The van der Waals surface area contributed by atoms with Crippen molar-refractivity contribution in [1.82, 2.24) is 0 Å². The highest BCUT2D eigenvalue weighted by molar-refractivity contribution is 5.74. The maximum atomic E-state index is 3.95. The molecule has 0 aliphatic carbocycles. The van der Waals surface area contributed by atoms with Gasteiger partial charge in [0.1, 0.15) is 0 Å². The van der Waals surface area contributed by atoms with Crippen LogP contribution in [0.15, 0.2) is 35.3 Å². The highest BCUT2D eigenvalue weighted by Crippen LogP contribution is 2.24. The quantitative estimate of drug-likeness (QED) is 0.586. The molecule has 0 unspecified atom stereocenters. The molecule has 0 amide bonds. The molecule has 62 valence electrons. The van der Waals surface area contributed by atoms with Crippen molar-refractivity contribution < 1.29 is 0 Å². The van der Waals surface area contributed by atoms with Crippen LogP contribution >= 0.6 is 0 Å². The predicted octanol–water partition coefficient (Wildman–Crippen LogP) is 3.44. The molecule has 1 nitrogen and oxygen atoms in total. The summed E-state index contributed by atoms with van der Waals surface area (Å²) in [7, 11) is 0. The minimum absolute atomic E-state index is 0.952. The molecular weight excluding hydrogens is 146 g/mol. The molecule has 0 saturated carbocycles. The van der Waals surface area contributed by atoms with Crippen LogP contribution in [0.4, 0.5) is 5.69 Å². The number of allylic oxidation sites excluding steroid dienone is 2. The van der Waals surface area contributed by atoms with Crippen molar-refractivity contribution >= 4 is 18.0 Å². The van der Waals surface area contributed by atoms with E-state index in [0.717, 1.165) is 11.3 Å². The van der Waals surface area contributed by atoms with Crippen molar-refractivity contribution in [3.05, 3.63) is 35.9 Å². The lowest BCUT2D eigenvalue weighted by atomic mass is 10.1. The molecule has 0 bridgehead atoms. The van der Waals surface area contributed by atoms with Crippen LogP contribution in [0, 0.1) is 0 Å². The van der Waals surface area contributed by atoms with Gasteiger partial charge in [-0.3, -0.25) is 4.99 Å². The minimum Gasteiger partial charge on any atom is -0.264 e.